The van der Waals surface area contributed by atoms with Crippen LogP contribution in [0, 0.1) is 0 Å². The first-order valence-electron chi connectivity index (χ1n) is 11.1. The summed E-state index contributed by atoms with van der Waals surface area (Å²) in [4.78, 5) is 38.0. The van der Waals surface area contributed by atoms with E-state index in [1.165, 1.54) is 4.90 Å². The van der Waals surface area contributed by atoms with Gasteiger partial charge in [0.05, 0.1) is 6.42 Å². The number of thioether (sulfide) groups is 1. The number of hydrogen-bond acceptors (Lipinski definition) is 5. The van der Waals surface area contributed by atoms with E-state index in [4.69, 9.17) is 9.84 Å². The van der Waals surface area contributed by atoms with E-state index in [0.717, 1.165) is 22.3 Å². The summed E-state index contributed by atoms with van der Waals surface area (Å²) in [6.45, 7) is 2.43. The lowest BCUT2D eigenvalue weighted by Gasteiger charge is -2.26. The molecule has 0 radical (unpaired) electrons. The second-order valence-electron chi connectivity index (χ2n) is 7.87. The highest BCUT2D eigenvalue weighted by Crippen LogP contribution is 2.44. The molecule has 33 heavy (non-hydrogen) atoms. The third-order valence-electron chi connectivity index (χ3n) is 5.83. The zero-order valence-electron chi connectivity index (χ0n) is 19.0. The van der Waals surface area contributed by atoms with Crippen molar-refractivity contribution in [3.8, 4) is 11.1 Å². The number of rotatable bonds is 11. The van der Waals surface area contributed by atoms with Crippen LogP contribution in [0.5, 0.6) is 0 Å². The zero-order chi connectivity index (χ0) is 23.8. The maximum absolute atomic E-state index is 13.0. The second kappa shape index (κ2) is 11.7. The number of carbonyl (C=O) groups is 3. The number of amides is 2. The van der Waals surface area contributed by atoms with Gasteiger partial charge in [0.25, 0.3) is 0 Å². The second-order valence-corrected chi connectivity index (χ2v) is 8.85. The fraction of sp³-hybridized carbons (Fsp3) is 0.400. The molecule has 0 unspecified atom stereocenters. The minimum Gasteiger partial charge on any atom is -0.481 e. The highest BCUT2D eigenvalue weighted by Gasteiger charge is 2.30. The lowest BCUT2D eigenvalue weighted by Crippen LogP contribution is -2.49. The quantitative estimate of drug-likeness (QED) is 0.516. The predicted molar refractivity (Wildman–Crippen MR) is 129 cm³/mol. The summed E-state index contributed by atoms with van der Waals surface area (Å²) >= 11 is 1.57. The summed E-state index contributed by atoms with van der Waals surface area (Å²) in [6, 6.07) is 15.4. The van der Waals surface area contributed by atoms with Gasteiger partial charge in [-0.2, -0.15) is 11.8 Å². The molecule has 2 N–H and O–H groups in total. The molecule has 0 saturated carbocycles. The number of carboxylic acid groups (broad SMARTS) is 1. The number of benzene rings is 2. The van der Waals surface area contributed by atoms with Crippen LogP contribution in [0.3, 0.4) is 0 Å². The molecule has 0 heterocycles. The summed E-state index contributed by atoms with van der Waals surface area (Å²) in [5, 5.41) is 11.7. The van der Waals surface area contributed by atoms with Crippen molar-refractivity contribution in [2.75, 3.05) is 31.7 Å². The van der Waals surface area contributed by atoms with Gasteiger partial charge in [-0.15, -0.1) is 0 Å². The van der Waals surface area contributed by atoms with Crippen LogP contribution in [0.25, 0.3) is 11.1 Å². The number of carbonyl (C=O) groups excluding carboxylic acids is 2. The topological polar surface area (TPSA) is 95.9 Å². The molecule has 176 valence electrons. The van der Waals surface area contributed by atoms with Crippen molar-refractivity contribution in [1.82, 2.24) is 10.2 Å². The van der Waals surface area contributed by atoms with Gasteiger partial charge in [0, 0.05) is 19.0 Å². The number of carboxylic acids is 1. The van der Waals surface area contributed by atoms with E-state index in [2.05, 4.69) is 17.4 Å². The molecule has 1 atom stereocenters. The highest BCUT2D eigenvalue weighted by atomic mass is 32.2. The molecule has 3 rings (SSSR count). The minimum atomic E-state index is -0.966. The van der Waals surface area contributed by atoms with Gasteiger partial charge in [0.2, 0.25) is 5.91 Å². The number of likely N-dealkylation sites (N-methyl/N-ethyl adjacent to an activating group) is 1. The molecule has 0 saturated heterocycles. The Morgan fingerprint density at radius 2 is 1.70 bits per heavy atom. The zero-order valence-corrected chi connectivity index (χ0v) is 19.8. The van der Waals surface area contributed by atoms with Crippen molar-refractivity contribution in [2.45, 2.75) is 31.7 Å². The van der Waals surface area contributed by atoms with Crippen molar-refractivity contribution < 1.29 is 24.2 Å². The molecule has 7 nitrogen and oxygen atoms in total. The van der Waals surface area contributed by atoms with Gasteiger partial charge in [-0.25, -0.2) is 4.79 Å². The van der Waals surface area contributed by atoms with Gasteiger partial charge in [-0.05, 0) is 47.6 Å². The largest absolute Gasteiger partial charge is 0.481 e. The Morgan fingerprint density at radius 3 is 2.24 bits per heavy atom. The number of fused-ring (bicyclic) bond motifs is 3. The molecular formula is C25H30N2O5S. The molecule has 1 aliphatic rings. The molecule has 0 bridgehead atoms. The highest BCUT2D eigenvalue weighted by molar-refractivity contribution is 7.98. The molecule has 0 fully saturated rings. The van der Waals surface area contributed by atoms with E-state index < -0.39 is 18.1 Å². The maximum Gasteiger partial charge on any atom is 0.407 e. The van der Waals surface area contributed by atoms with E-state index in [-0.39, 0.29) is 31.4 Å². The van der Waals surface area contributed by atoms with Crippen molar-refractivity contribution in [2.24, 2.45) is 0 Å². The molecule has 2 amide bonds. The van der Waals surface area contributed by atoms with Crippen LogP contribution < -0.4 is 5.32 Å². The first-order valence-corrected chi connectivity index (χ1v) is 12.5. The third-order valence-corrected chi connectivity index (χ3v) is 6.48. The smallest absolute Gasteiger partial charge is 0.407 e. The van der Waals surface area contributed by atoms with Gasteiger partial charge in [-0.1, -0.05) is 48.5 Å². The SMILES string of the molecule is CCN(CCC(=O)O)C(=O)[C@@H](CCSC)NC(=O)OCC1c2ccccc2-c2ccccc21. The van der Waals surface area contributed by atoms with Crippen LogP contribution in [0.1, 0.15) is 36.8 Å². The van der Waals surface area contributed by atoms with Gasteiger partial charge in [-0.3, -0.25) is 9.59 Å². The van der Waals surface area contributed by atoms with Gasteiger partial charge in [0.15, 0.2) is 0 Å². The Morgan fingerprint density at radius 1 is 1.09 bits per heavy atom. The van der Waals surface area contributed by atoms with Crippen LogP contribution in [0.15, 0.2) is 48.5 Å². The Hall–Kier alpha value is -3.00. The van der Waals surface area contributed by atoms with E-state index in [9.17, 15) is 14.4 Å². The lowest BCUT2D eigenvalue weighted by molar-refractivity contribution is -0.139. The molecular weight excluding hydrogens is 440 g/mol. The summed E-state index contributed by atoms with van der Waals surface area (Å²) in [6.07, 6.45) is 1.58. The molecule has 1 aliphatic carbocycles. The molecule has 0 aromatic heterocycles. The monoisotopic (exact) mass is 470 g/mol. The molecule has 0 spiro atoms. The summed E-state index contributed by atoms with van der Waals surface area (Å²) < 4.78 is 5.59. The number of nitrogens with zero attached hydrogens (tertiary/aromatic N) is 1. The minimum absolute atomic E-state index is 0.0637. The number of alkyl carbamates (subject to hydrolysis) is 1. The fourth-order valence-corrected chi connectivity index (χ4v) is 4.62. The van der Waals surface area contributed by atoms with Crippen LogP contribution in [0.2, 0.25) is 0 Å². The lowest BCUT2D eigenvalue weighted by atomic mass is 9.98. The van der Waals surface area contributed by atoms with E-state index >= 15 is 0 Å². The predicted octanol–water partition coefficient (Wildman–Crippen LogP) is 3.97. The molecule has 0 aliphatic heterocycles. The standard InChI is InChI=1S/C25H30N2O5S/c1-3-27(14-12-23(28)29)24(30)22(13-15-33-2)26-25(31)32-16-21-19-10-6-4-8-17(19)18-9-5-7-11-20(18)21/h4-11,21-22H,3,12-16H2,1-2H3,(H,26,31)(H,28,29)/t22-/m1/s1. The van der Waals surface area contributed by atoms with Crippen LogP contribution in [-0.4, -0.2) is 65.7 Å². The van der Waals surface area contributed by atoms with Gasteiger partial charge < -0.3 is 20.1 Å². The molecule has 8 heteroatoms. The average molecular weight is 471 g/mol. The van der Waals surface area contributed by atoms with E-state index in [1.807, 2.05) is 42.7 Å². The normalized spacial score (nSPS) is 13.0. The summed E-state index contributed by atoms with van der Waals surface area (Å²) in [5.74, 6) is -0.643. The van der Waals surface area contributed by atoms with Crippen molar-refractivity contribution >= 4 is 29.7 Å². The maximum atomic E-state index is 13.0. The van der Waals surface area contributed by atoms with Gasteiger partial charge in [0.1, 0.15) is 12.6 Å². The number of hydrogen-bond donors (Lipinski definition) is 2. The molecule has 2 aromatic rings. The Balaban J connectivity index is 1.66. The third kappa shape index (κ3) is 6.07. The van der Waals surface area contributed by atoms with E-state index in [1.54, 1.807) is 18.7 Å². The van der Waals surface area contributed by atoms with Crippen molar-refractivity contribution in [3.05, 3.63) is 59.7 Å². The summed E-state index contributed by atoms with van der Waals surface area (Å²) in [5.41, 5.74) is 4.53. The number of ether oxygens (including phenoxy) is 1. The number of nitrogens with one attached hydrogen (secondary N) is 1. The van der Waals surface area contributed by atoms with Crippen LogP contribution in [0.4, 0.5) is 4.79 Å². The van der Waals surface area contributed by atoms with Crippen molar-refractivity contribution in [3.63, 3.8) is 0 Å². The molecule has 2 aromatic carbocycles. The fourth-order valence-electron chi connectivity index (χ4n) is 4.15. The Kier molecular flexibility index (Phi) is 8.77. The number of aliphatic carboxylic acids is 1. The first kappa shape index (κ1) is 24.6. The summed E-state index contributed by atoms with van der Waals surface area (Å²) in [7, 11) is 0. The van der Waals surface area contributed by atoms with Crippen molar-refractivity contribution in [1.29, 1.82) is 0 Å². The van der Waals surface area contributed by atoms with Crippen LogP contribution >= 0.6 is 11.8 Å². The van der Waals surface area contributed by atoms with Gasteiger partial charge >= 0.3 is 12.1 Å². The van der Waals surface area contributed by atoms with Crippen LogP contribution in [-0.2, 0) is 14.3 Å². The average Bonchev–Trinajstić information content (AvgIpc) is 3.14. The van der Waals surface area contributed by atoms with E-state index in [0.29, 0.717) is 18.7 Å². The first-order chi connectivity index (χ1) is 16.0. The Bertz CT molecular complexity index is 951. The Labute approximate surface area is 198 Å².